The second-order valence-electron chi connectivity index (χ2n) is 8.14. The summed E-state index contributed by atoms with van der Waals surface area (Å²) >= 11 is 0. The third-order valence-corrected chi connectivity index (χ3v) is 5.18. The van der Waals surface area contributed by atoms with Gasteiger partial charge in [0.2, 0.25) is 0 Å². The Morgan fingerprint density at radius 2 is 1.46 bits per heavy atom. The van der Waals surface area contributed by atoms with E-state index in [-0.39, 0.29) is 18.7 Å². The van der Waals surface area contributed by atoms with Gasteiger partial charge in [0.1, 0.15) is 0 Å². The van der Waals surface area contributed by atoms with Crippen LogP contribution >= 0.6 is 0 Å². The third-order valence-electron chi connectivity index (χ3n) is 5.18. The van der Waals surface area contributed by atoms with E-state index < -0.39 is 0 Å². The maximum Gasteiger partial charge on any atom is 0.305 e. The summed E-state index contributed by atoms with van der Waals surface area (Å²) in [5.41, 5.74) is 0. The lowest BCUT2D eigenvalue weighted by Crippen LogP contribution is -2.31. The van der Waals surface area contributed by atoms with Gasteiger partial charge in [-0.1, -0.05) is 77.6 Å². The lowest BCUT2D eigenvalue weighted by Gasteiger charge is -2.19. The van der Waals surface area contributed by atoms with Crippen molar-refractivity contribution in [3.8, 4) is 0 Å². The molecule has 168 valence electrons. The van der Waals surface area contributed by atoms with E-state index >= 15 is 0 Å². The minimum absolute atomic E-state index is 0.0646. The van der Waals surface area contributed by atoms with Crippen LogP contribution in [0.5, 0.6) is 0 Å². The van der Waals surface area contributed by atoms with Gasteiger partial charge in [0.05, 0.1) is 19.3 Å². The molecule has 1 atom stereocenters. The molecule has 0 aliphatic heterocycles. The van der Waals surface area contributed by atoms with Gasteiger partial charge in [-0.2, -0.15) is 0 Å². The van der Waals surface area contributed by atoms with E-state index in [4.69, 9.17) is 9.84 Å². The Labute approximate surface area is 173 Å². The van der Waals surface area contributed by atoms with Crippen molar-refractivity contribution >= 4 is 5.97 Å². The van der Waals surface area contributed by atoms with Crippen molar-refractivity contribution < 1.29 is 19.7 Å². The van der Waals surface area contributed by atoms with Crippen LogP contribution < -0.4 is 0 Å². The van der Waals surface area contributed by atoms with Gasteiger partial charge in [-0.3, -0.25) is 4.79 Å². The van der Waals surface area contributed by atoms with E-state index in [1.807, 2.05) is 11.9 Å². The van der Waals surface area contributed by atoms with E-state index in [0.29, 0.717) is 26.1 Å². The van der Waals surface area contributed by atoms with Crippen LogP contribution in [0.3, 0.4) is 0 Å². The van der Waals surface area contributed by atoms with Crippen molar-refractivity contribution in [1.82, 2.24) is 4.90 Å². The summed E-state index contributed by atoms with van der Waals surface area (Å²) in [4.78, 5) is 13.7. The second kappa shape index (κ2) is 21.1. The standard InChI is InChI=1S/C23H47NO4/c1-3-4-5-6-7-8-9-12-15-20-28-23(27)17-14-11-10-13-16-22(26)21-24(2)18-19-25/h22,25-26H,3-21H2,1-2H3/t22-/m0/s1. The van der Waals surface area contributed by atoms with E-state index in [9.17, 15) is 9.90 Å². The number of hydrogen-bond acceptors (Lipinski definition) is 5. The Balaban J connectivity index is 3.31. The van der Waals surface area contributed by atoms with E-state index in [0.717, 1.165) is 44.9 Å². The summed E-state index contributed by atoms with van der Waals surface area (Å²) in [6, 6.07) is 0. The predicted molar refractivity (Wildman–Crippen MR) is 116 cm³/mol. The first kappa shape index (κ1) is 27.4. The zero-order valence-electron chi connectivity index (χ0n) is 18.7. The van der Waals surface area contributed by atoms with E-state index in [2.05, 4.69) is 6.92 Å². The van der Waals surface area contributed by atoms with Crippen LogP contribution in [-0.2, 0) is 9.53 Å². The first-order chi connectivity index (χ1) is 13.6. The predicted octanol–water partition coefficient (Wildman–Crippen LogP) is 4.69. The maximum atomic E-state index is 11.7. The molecule has 2 N–H and O–H groups in total. The Kier molecular flexibility index (Phi) is 20.6. The van der Waals surface area contributed by atoms with Gasteiger partial charge >= 0.3 is 5.97 Å². The van der Waals surface area contributed by atoms with Crippen LogP contribution in [0.25, 0.3) is 0 Å². The zero-order valence-corrected chi connectivity index (χ0v) is 18.7. The van der Waals surface area contributed by atoms with Crippen molar-refractivity contribution in [1.29, 1.82) is 0 Å². The van der Waals surface area contributed by atoms with Gasteiger partial charge in [0.15, 0.2) is 0 Å². The summed E-state index contributed by atoms with van der Waals surface area (Å²) in [6.07, 6.45) is 16.3. The van der Waals surface area contributed by atoms with Crippen molar-refractivity contribution in [3.05, 3.63) is 0 Å². The molecule has 0 heterocycles. The quantitative estimate of drug-likeness (QED) is 0.216. The second-order valence-corrected chi connectivity index (χ2v) is 8.14. The summed E-state index contributed by atoms with van der Waals surface area (Å²) < 4.78 is 5.31. The fourth-order valence-corrected chi connectivity index (χ4v) is 3.39. The van der Waals surface area contributed by atoms with Crippen LogP contribution in [0.2, 0.25) is 0 Å². The van der Waals surface area contributed by atoms with Gasteiger partial charge in [-0.15, -0.1) is 0 Å². The zero-order chi connectivity index (χ0) is 20.9. The minimum atomic E-state index is -0.335. The summed E-state index contributed by atoms with van der Waals surface area (Å²) in [6.45, 7) is 4.14. The van der Waals surface area contributed by atoms with Gasteiger partial charge < -0.3 is 19.8 Å². The van der Waals surface area contributed by atoms with Crippen molar-refractivity contribution in [2.45, 2.75) is 109 Å². The average molecular weight is 402 g/mol. The van der Waals surface area contributed by atoms with E-state index in [1.54, 1.807) is 0 Å². The van der Waals surface area contributed by atoms with Gasteiger partial charge in [-0.05, 0) is 26.3 Å². The van der Waals surface area contributed by atoms with Crippen LogP contribution in [-0.4, -0.2) is 60.5 Å². The number of likely N-dealkylation sites (N-methyl/N-ethyl adjacent to an activating group) is 1. The van der Waals surface area contributed by atoms with Crippen LogP contribution in [0.4, 0.5) is 0 Å². The molecule has 28 heavy (non-hydrogen) atoms. The van der Waals surface area contributed by atoms with Crippen molar-refractivity contribution in [2.75, 3.05) is 33.4 Å². The molecule has 0 fully saturated rings. The lowest BCUT2D eigenvalue weighted by molar-refractivity contribution is -0.143. The Hall–Kier alpha value is -0.650. The molecule has 0 unspecified atom stereocenters. The Morgan fingerprint density at radius 1 is 0.893 bits per heavy atom. The smallest absolute Gasteiger partial charge is 0.305 e. The molecule has 0 aliphatic carbocycles. The number of carbonyl (C=O) groups excluding carboxylic acids is 1. The van der Waals surface area contributed by atoms with Gasteiger partial charge in [0.25, 0.3) is 0 Å². The summed E-state index contributed by atoms with van der Waals surface area (Å²) in [5, 5.41) is 18.8. The molecular formula is C23H47NO4. The third kappa shape index (κ3) is 20.1. The van der Waals surface area contributed by atoms with Crippen LogP contribution in [0.15, 0.2) is 0 Å². The molecule has 5 heteroatoms. The number of rotatable bonds is 21. The number of nitrogens with zero attached hydrogens (tertiary/aromatic N) is 1. The molecule has 0 rings (SSSR count). The van der Waals surface area contributed by atoms with Crippen molar-refractivity contribution in [3.63, 3.8) is 0 Å². The van der Waals surface area contributed by atoms with E-state index in [1.165, 1.54) is 44.9 Å². The lowest BCUT2D eigenvalue weighted by atomic mass is 10.1. The highest BCUT2D eigenvalue weighted by Gasteiger charge is 2.08. The molecule has 5 nitrogen and oxygen atoms in total. The molecule has 0 aromatic heterocycles. The molecule has 0 spiro atoms. The number of ether oxygens (including phenoxy) is 1. The first-order valence-corrected chi connectivity index (χ1v) is 11.7. The molecule has 0 amide bonds. The van der Waals surface area contributed by atoms with Crippen molar-refractivity contribution in [2.24, 2.45) is 0 Å². The number of aliphatic hydroxyl groups is 2. The number of unbranched alkanes of at least 4 members (excludes halogenated alkanes) is 11. The number of carbonyl (C=O) groups is 1. The Morgan fingerprint density at radius 3 is 2.11 bits per heavy atom. The Bertz CT molecular complexity index is 339. The monoisotopic (exact) mass is 401 g/mol. The molecule has 0 bridgehead atoms. The number of hydrogen-bond donors (Lipinski definition) is 2. The molecular weight excluding hydrogens is 354 g/mol. The number of aliphatic hydroxyl groups excluding tert-OH is 2. The molecule has 0 radical (unpaired) electrons. The fraction of sp³-hybridized carbons (Fsp3) is 0.957. The molecule has 0 aromatic carbocycles. The first-order valence-electron chi connectivity index (χ1n) is 11.7. The largest absolute Gasteiger partial charge is 0.466 e. The SMILES string of the molecule is CCCCCCCCCCCOC(=O)CCCCCC[C@H](O)CN(C)CCO. The minimum Gasteiger partial charge on any atom is -0.466 e. The molecule has 0 saturated carbocycles. The maximum absolute atomic E-state index is 11.7. The highest BCUT2D eigenvalue weighted by molar-refractivity contribution is 5.69. The molecule has 0 aliphatic rings. The molecule has 0 saturated heterocycles. The molecule has 0 aromatic rings. The highest BCUT2D eigenvalue weighted by Crippen LogP contribution is 2.11. The van der Waals surface area contributed by atoms with Gasteiger partial charge in [0, 0.05) is 19.5 Å². The fourth-order valence-electron chi connectivity index (χ4n) is 3.39. The topological polar surface area (TPSA) is 70.0 Å². The van der Waals surface area contributed by atoms with Gasteiger partial charge in [-0.25, -0.2) is 0 Å². The average Bonchev–Trinajstić information content (AvgIpc) is 2.66. The normalized spacial score (nSPS) is 12.5. The number of esters is 1. The highest BCUT2D eigenvalue weighted by atomic mass is 16.5. The summed E-state index contributed by atoms with van der Waals surface area (Å²) in [7, 11) is 1.90. The summed E-state index contributed by atoms with van der Waals surface area (Å²) in [5.74, 6) is -0.0646. The van der Waals surface area contributed by atoms with Crippen LogP contribution in [0.1, 0.15) is 103 Å². The van der Waals surface area contributed by atoms with Crippen LogP contribution in [0, 0.1) is 0 Å².